The van der Waals surface area contributed by atoms with Gasteiger partial charge in [-0.1, -0.05) is 12.2 Å². The molecule has 1 aromatic rings. The van der Waals surface area contributed by atoms with Gasteiger partial charge in [0.05, 0.1) is 11.3 Å². The van der Waals surface area contributed by atoms with Crippen molar-refractivity contribution in [2.45, 2.75) is 6.42 Å². The first-order chi connectivity index (χ1) is 7.50. The summed E-state index contributed by atoms with van der Waals surface area (Å²) < 4.78 is 0. The number of nitro groups is 1. The molecule has 0 spiro atoms. The van der Waals surface area contributed by atoms with Crippen LogP contribution in [0.2, 0.25) is 0 Å². The third kappa shape index (κ3) is 3.05. The fraction of sp³-hybridized carbons (Fsp3) is 0.111. The molecule has 0 aliphatic carbocycles. The van der Waals surface area contributed by atoms with E-state index in [9.17, 15) is 14.9 Å². The van der Waals surface area contributed by atoms with E-state index in [1.54, 1.807) is 0 Å². The molecule has 0 aliphatic heterocycles. The van der Waals surface area contributed by atoms with E-state index in [1.807, 2.05) is 0 Å². The normalized spacial score (nSPS) is 10.5. The molecule has 0 aliphatic rings. The van der Waals surface area contributed by atoms with Gasteiger partial charge in [-0.15, -0.1) is 0 Å². The van der Waals surface area contributed by atoms with Gasteiger partial charge in [-0.25, -0.2) is 4.98 Å². The molecule has 3 N–H and O–H groups in total. The van der Waals surface area contributed by atoms with Crippen LogP contribution in [-0.4, -0.2) is 21.0 Å². The third-order valence-corrected chi connectivity index (χ3v) is 1.72. The summed E-state index contributed by atoms with van der Waals surface area (Å²) in [5, 5.41) is 18.9. The molecule has 7 nitrogen and oxygen atoms in total. The summed E-state index contributed by atoms with van der Waals surface area (Å²) in [6.07, 6.45) is 3.99. The van der Waals surface area contributed by atoms with Gasteiger partial charge in [0.1, 0.15) is 0 Å². The number of anilines is 1. The molecule has 0 amide bonds. The van der Waals surface area contributed by atoms with Crippen molar-refractivity contribution in [3.8, 4) is 0 Å². The minimum Gasteiger partial charge on any atom is -0.481 e. The van der Waals surface area contributed by atoms with Gasteiger partial charge >= 0.3 is 11.7 Å². The Kier molecular flexibility index (Phi) is 3.54. The van der Waals surface area contributed by atoms with Crippen molar-refractivity contribution in [3.05, 3.63) is 34.0 Å². The molecule has 7 heteroatoms. The molecule has 0 fully saturated rings. The minimum atomic E-state index is -0.978. The first-order valence-corrected chi connectivity index (χ1v) is 4.29. The average Bonchev–Trinajstić information content (AvgIpc) is 2.19. The number of hydrogen-bond donors (Lipinski definition) is 2. The molecule has 84 valence electrons. The van der Waals surface area contributed by atoms with Gasteiger partial charge in [0.15, 0.2) is 0 Å². The van der Waals surface area contributed by atoms with Crippen LogP contribution in [0.25, 0.3) is 6.08 Å². The number of nitrogens with zero attached hydrogens (tertiary/aromatic N) is 2. The summed E-state index contributed by atoms with van der Waals surface area (Å²) in [7, 11) is 0. The lowest BCUT2D eigenvalue weighted by Crippen LogP contribution is -1.98. The van der Waals surface area contributed by atoms with E-state index in [0.29, 0.717) is 5.56 Å². The predicted octanol–water partition coefficient (Wildman–Crippen LogP) is 1.06. The van der Waals surface area contributed by atoms with Crippen LogP contribution >= 0.6 is 0 Å². The maximum atomic E-state index is 10.5. The lowest BCUT2D eigenvalue weighted by atomic mass is 10.2. The van der Waals surface area contributed by atoms with Gasteiger partial charge in [-0.2, -0.15) is 0 Å². The van der Waals surface area contributed by atoms with E-state index in [1.165, 1.54) is 24.4 Å². The number of rotatable bonds is 4. The summed E-state index contributed by atoms with van der Waals surface area (Å²) in [5.41, 5.74) is 5.43. The van der Waals surface area contributed by atoms with E-state index in [4.69, 9.17) is 10.8 Å². The molecule has 0 atom stereocenters. The maximum Gasteiger partial charge on any atom is 0.311 e. The van der Waals surface area contributed by atoms with Crippen LogP contribution in [-0.2, 0) is 4.79 Å². The van der Waals surface area contributed by atoms with Crippen molar-refractivity contribution < 1.29 is 14.8 Å². The van der Waals surface area contributed by atoms with Crippen LogP contribution in [0.5, 0.6) is 0 Å². The number of pyridine rings is 1. The van der Waals surface area contributed by atoms with Gasteiger partial charge in [0.2, 0.25) is 5.82 Å². The number of carboxylic acids is 1. The van der Waals surface area contributed by atoms with E-state index < -0.39 is 10.9 Å². The number of carbonyl (C=O) groups is 1. The second kappa shape index (κ2) is 4.87. The third-order valence-electron chi connectivity index (χ3n) is 1.72. The first kappa shape index (κ1) is 11.6. The van der Waals surface area contributed by atoms with Crippen LogP contribution in [0.1, 0.15) is 12.0 Å². The zero-order valence-electron chi connectivity index (χ0n) is 8.16. The Balaban J connectivity index is 2.91. The summed E-state index contributed by atoms with van der Waals surface area (Å²) >= 11 is 0. The molecule has 0 unspecified atom stereocenters. The summed E-state index contributed by atoms with van der Waals surface area (Å²) in [5.74, 6) is -1.14. The number of nitrogens with two attached hydrogens (primary N) is 1. The van der Waals surface area contributed by atoms with Crippen molar-refractivity contribution in [1.29, 1.82) is 0 Å². The lowest BCUT2D eigenvalue weighted by Gasteiger charge is -1.97. The smallest absolute Gasteiger partial charge is 0.311 e. The van der Waals surface area contributed by atoms with E-state index in [0.717, 1.165) is 0 Å². The SMILES string of the molecule is Nc1ncc(C=CCC(=O)O)cc1[N+](=O)[O-]. The van der Waals surface area contributed by atoms with Crippen LogP contribution in [0.4, 0.5) is 11.5 Å². The molecule has 0 saturated heterocycles. The van der Waals surface area contributed by atoms with E-state index >= 15 is 0 Å². The number of aliphatic carboxylic acids is 1. The summed E-state index contributed by atoms with van der Waals surface area (Å²) in [6.45, 7) is 0. The van der Waals surface area contributed by atoms with Crippen LogP contribution < -0.4 is 5.73 Å². The predicted molar refractivity (Wildman–Crippen MR) is 56.6 cm³/mol. The number of carboxylic acid groups (broad SMARTS) is 1. The monoisotopic (exact) mass is 223 g/mol. The van der Waals surface area contributed by atoms with Gasteiger partial charge in [0, 0.05) is 12.3 Å². The molecule has 1 aromatic heterocycles. The quantitative estimate of drug-likeness (QED) is 0.581. The molecule has 0 bridgehead atoms. The highest BCUT2D eigenvalue weighted by Gasteiger charge is 2.12. The Bertz CT molecular complexity index is 456. The average molecular weight is 223 g/mol. The fourth-order valence-electron chi connectivity index (χ4n) is 1.01. The Morgan fingerprint density at radius 2 is 2.38 bits per heavy atom. The van der Waals surface area contributed by atoms with Crippen molar-refractivity contribution in [2.75, 3.05) is 5.73 Å². The standard InChI is InChI=1S/C9H9N3O4/c10-9-7(12(15)16)4-6(5-11-9)2-1-3-8(13)14/h1-2,4-5H,3H2,(H2,10,11)(H,13,14). The van der Waals surface area contributed by atoms with Crippen LogP contribution in [0.3, 0.4) is 0 Å². The van der Waals surface area contributed by atoms with Gasteiger partial charge in [0.25, 0.3) is 0 Å². The van der Waals surface area contributed by atoms with Crippen molar-refractivity contribution >= 4 is 23.6 Å². The zero-order chi connectivity index (χ0) is 12.1. The number of hydrogen-bond acceptors (Lipinski definition) is 5. The highest BCUT2D eigenvalue weighted by Crippen LogP contribution is 2.20. The summed E-state index contributed by atoms with van der Waals surface area (Å²) in [6, 6.07) is 1.24. The highest BCUT2D eigenvalue weighted by atomic mass is 16.6. The van der Waals surface area contributed by atoms with E-state index in [-0.39, 0.29) is 17.9 Å². The Morgan fingerprint density at radius 3 is 2.94 bits per heavy atom. The van der Waals surface area contributed by atoms with Crippen molar-refractivity contribution in [1.82, 2.24) is 4.98 Å². The van der Waals surface area contributed by atoms with Crippen molar-refractivity contribution in [2.24, 2.45) is 0 Å². The number of nitrogen functional groups attached to an aromatic ring is 1. The lowest BCUT2D eigenvalue weighted by molar-refractivity contribution is -0.384. The van der Waals surface area contributed by atoms with Crippen LogP contribution in [0.15, 0.2) is 18.3 Å². The minimum absolute atomic E-state index is 0.155. The zero-order valence-corrected chi connectivity index (χ0v) is 8.16. The topological polar surface area (TPSA) is 119 Å². The second-order valence-electron chi connectivity index (χ2n) is 2.93. The maximum absolute atomic E-state index is 10.5. The number of aromatic nitrogens is 1. The molecule has 0 saturated carbocycles. The second-order valence-corrected chi connectivity index (χ2v) is 2.93. The molecule has 0 radical (unpaired) electrons. The molecule has 16 heavy (non-hydrogen) atoms. The largest absolute Gasteiger partial charge is 0.481 e. The molecular formula is C9H9N3O4. The Morgan fingerprint density at radius 1 is 1.69 bits per heavy atom. The van der Waals surface area contributed by atoms with E-state index in [2.05, 4.69) is 4.98 Å². The fourth-order valence-corrected chi connectivity index (χ4v) is 1.01. The first-order valence-electron chi connectivity index (χ1n) is 4.29. The molecule has 1 heterocycles. The van der Waals surface area contributed by atoms with Gasteiger partial charge in [-0.05, 0) is 5.56 Å². The summed E-state index contributed by atoms with van der Waals surface area (Å²) in [4.78, 5) is 23.7. The van der Waals surface area contributed by atoms with Gasteiger partial charge < -0.3 is 10.8 Å². The van der Waals surface area contributed by atoms with Gasteiger partial charge in [-0.3, -0.25) is 14.9 Å². The molecular weight excluding hydrogens is 214 g/mol. The molecule has 0 aromatic carbocycles. The Hall–Kier alpha value is -2.44. The van der Waals surface area contributed by atoms with Crippen LogP contribution in [0, 0.1) is 10.1 Å². The molecule has 1 rings (SSSR count). The Labute approximate surface area is 90.4 Å². The highest BCUT2D eigenvalue weighted by molar-refractivity contribution is 5.70. The van der Waals surface area contributed by atoms with Crippen molar-refractivity contribution in [3.63, 3.8) is 0 Å².